The van der Waals surface area contributed by atoms with E-state index in [1.165, 1.54) is 0 Å². The van der Waals surface area contributed by atoms with Gasteiger partial charge in [-0.05, 0) is 24.1 Å². The third-order valence-electron chi connectivity index (χ3n) is 4.46. The zero-order chi connectivity index (χ0) is 16.2. The predicted octanol–water partition coefficient (Wildman–Crippen LogP) is 0.779. The summed E-state index contributed by atoms with van der Waals surface area (Å²) < 4.78 is 1.95. The van der Waals surface area contributed by atoms with Gasteiger partial charge in [-0.1, -0.05) is 6.07 Å². The molecule has 0 saturated carbocycles. The topological polar surface area (TPSA) is 77.7 Å². The molecule has 0 atom stereocenters. The molecule has 0 bridgehead atoms. The van der Waals surface area contributed by atoms with Crippen molar-refractivity contribution in [2.75, 3.05) is 39.3 Å². The molecule has 0 amide bonds. The van der Waals surface area contributed by atoms with Crippen molar-refractivity contribution in [1.82, 2.24) is 14.8 Å². The summed E-state index contributed by atoms with van der Waals surface area (Å²) in [6.07, 6.45) is 2.81. The van der Waals surface area contributed by atoms with Crippen molar-refractivity contribution in [3.05, 3.63) is 35.5 Å². The summed E-state index contributed by atoms with van der Waals surface area (Å²) in [7, 11) is 0. The minimum atomic E-state index is -0.902. The lowest BCUT2D eigenvalue weighted by Gasteiger charge is -2.27. The summed E-state index contributed by atoms with van der Waals surface area (Å²) in [6.45, 7) is 5.51. The zero-order valence-corrected chi connectivity index (χ0v) is 13.2. The van der Waals surface area contributed by atoms with Gasteiger partial charge in [-0.15, -0.1) is 0 Å². The first-order chi connectivity index (χ1) is 11.2. The largest absolute Gasteiger partial charge is 0.478 e. The molecule has 3 rings (SSSR count). The highest BCUT2D eigenvalue weighted by Crippen LogP contribution is 2.26. The van der Waals surface area contributed by atoms with Crippen molar-refractivity contribution in [2.45, 2.75) is 13.0 Å². The number of nitrogens with one attached hydrogen (secondary N) is 1. The standard InChI is InChI=1S/C17H23N3O3/c21-11-10-20-12-13(4-7-19-8-5-18-6-9-19)16-14(17(22)23)2-1-3-15(16)20/h1-3,12,18,21H,4-11H2,(H,22,23). The second kappa shape index (κ2) is 7.12. The molecule has 1 saturated heterocycles. The fourth-order valence-electron chi connectivity index (χ4n) is 3.31. The van der Waals surface area contributed by atoms with E-state index in [2.05, 4.69) is 10.2 Å². The van der Waals surface area contributed by atoms with Gasteiger partial charge in [0.15, 0.2) is 0 Å². The minimum Gasteiger partial charge on any atom is -0.478 e. The first-order valence-corrected chi connectivity index (χ1v) is 8.08. The third kappa shape index (κ3) is 3.39. The van der Waals surface area contributed by atoms with E-state index in [-0.39, 0.29) is 6.61 Å². The summed E-state index contributed by atoms with van der Waals surface area (Å²) in [5.41, 5.74) is 2.27. The van der Waals surface area contributed by atoms with Crippen molar-refractivity contribution in [2.24, 2.45) is 0 Å². The first-order valence-electron chi connectivity index (χ1n) is 8.08. The fourth-order valence-corrected chi connectivity index (χ4v) is 3.31. The molecule has 0 radical (unpaired) electrons. The molecule has 2 heterocycles. The van der Waals surface area contributed by atoms with Crippen LogP contribution < -0.4 is 5.32 Å². The van der Waals surface area contributed by atoms with E-state index in [1.54, 1.807) is 12.1 Å². The third-order valence-corrected chi connectivity index (χ3v) is 4.46. The number of carbonyl (C=O) groups is 1. The lowest BCUT2D eigenvalue weighted by molar-refractivity contribution is 0.0699. The van der Waals surface area contributed by atoms with Crippen LogP contribution in [-0.2, 0) is 13.0 Å². The van der Waals surface area contributed by atoms with E-state index < -0.39 is 5.97 Å². The number of aromatic carboxylic acids is 1. The number of aliphatic hydroxyl groups is 1. The smallest absolute Gasteiger partial charge is 0.336 e. The van der Waals surface area contributed by atoms with Crippen LogP contribution in [-0.4, -0.2) is 65.0 Å². The molecule has 1 aromatic carbocycles. The van der Waals surface area contributed by atoms with E-state index in [1.807, 2.05) is 16.8 Å². The van der Waals surface area contributed by atoms with Crippen LogP contribution in [0.25, 0.3) is 10.9 Å². The van der Waals surface area contributed by atoms with Crippen LogP contribution >= 0.6 is 0 Å². The van der Waals surface area contributed by atoms with Gasteiger partial charge >= 0.3 is 5.97 Å². The number of carboxylic acid groups (broad SMARTS) is 1. The molecule has 1 aliphatic heterocycles. The van der Waals surface area contributed by atoms with Gasteiger partial charge in [-0.3, -0.25) is 0 Å². The number of benzene rings is 1. The number of piperazine rings is 1. The van der Waals surface area contributed by atoms with Crippen LogP contribution in [0.1, 0.15) is 15.9 Å². The fraction of sp³-hybridized carbons (Fsp3) is 0.471. The molecule has 1 aliphatic rings. The van der Waals surface area contributed by atoms with Crippen molar-refractivity contribution in [3.63, 3.8) is 0 Å². The molecule has 6 nitrogen and oxygen atoms in total. The first kappa shape index (κ1) is 16.0. The van der Waals surface area contributed by atoms with Gasteiger partial charge in [0.2, 0.25) is 0 Å². The van der Waals surface area contributed by atoms with Gasteiger partial charge in [0.1, 0.15) is 0 Å². The van der Waals surface area contributed by atoms with Crippen molar-refractivity contribution in [3.8, 4) is 0 Å². The summed E-state index contributed by atoms with van der Waals surface area (Å²) in [5, 5.41) is 22.9. The van der Waals surface area contributed by atoms with Crippen LogP contribution in [0.5, 0.6) is 0 Å². The quantitative estimate of drug-likeness (QED) is 0.734. The van der Waals surface area contributed by atoms with Crippen molar-refractivity contribution in [1.29, 1.82) is 0 Å². The Morgan fingerprint density at radius 1 is 1.22 bits per heavy atom. The Morgan fingerprint density at radius 2 is 2.00 bits per heavy atom. The second-order valence-electron chi connectivity index (χ2n) is 5.92. The lowest BCUT2D eigenvalue weighted by Crippen LogP contribution is -2.44. The van der Waals surface area contributed by atoms with E-state index in [0.29, 0.717) is 12.1 Å². The Bertz CT molecular complexity index is 690. The van der Waals surface area contributed by atoms with Gasteiger partial charge in [0.25, 0.3) is 0 Å². The van der Waals surface area contributed by atoms with E-state index >= 15 is 0 Å². The van der Waals surface area contributed by atoms with Crippen LogP contribution in [0.4, 0.5) is 0 Å². The predicted molar refractivity (Wildman–Crippen MR) is 89.0 cm³/mol. The number of nitrogens with zero attached hydrogens (tertiary/aromatic N) is 2. The molecule has 3 N–H and O–H groups in total. The highest BCUT2D eigenvalue weighted by Gasteiger charge is 2.17. The maximum Gasteiger partial charge on any atom is 0.336 e. The van der Waals surface area contributed by atoms with Crippen LogP contribution in [0, 0.1) is 0 Å². The molecule has 0 unspecified atom stereocenters. The monoisotopic (exact) mass is 317 g/mol. The molecule has 6 heteroatoms. The number of hydrogen-bond acceptors (Lipinski definition) is 4. The number of aromatic nitrogens is 1. The summed E-state index contributed by atoms with van der Waals surface area (Å²) in [5.74, 6) is -0.902. The minimum absolute atomic E-state index is 0.0400. The molecule has 23 heavy (non-hydrogen) atoms. The average Bonchev–Trinajstić information content (AvgIpc) is 2.92. The zero-order valence-electron chi connectivity index (χ0n) is 13.2. The number of aliphatic hydroxyl groups excluding tert-OH is 1. The van der Waals surface area contributed by atoms with E-state index in [4.69, 9.17) is 0 Å². The van der Waals surface area contributed by atoms with Gasteiger partial charge in [0, 0.05) is 56.4 Å². The SMILES string of the molecule is O=C(O)c1cccc2c1c(CCN1CCNCC1)cn2CCO. The Morgan fingerprint density at radius 3 is 2.70 bits per heavy atom. The molecule has 1 fully saturated rings. The molecule has 0 spiro atoms. The Balaban J connectivity index is 1.92. The van der Waals surface area contributed by atoms with Gasteiger partial charge < -0.3 is 25.0 Å². The van der Waals surface area contributed by atoms with Crippen molar-refractivity contribution < 1.29 is 15.0 Å². The molecule has 124 valence electrons. The maximum absolute atomic E-state index is 11.6. The number of fused-ring (bicyclic) bond motifs is 1. The molecular weight excluding hydrogens is 294 g/mol. The molecule has 2 aromatic rings. The Kier molecular flexibility index (Phi) is 4.95. The highest BCUT2D eigenvalue weighted by atomic mass is 16.4. The Labute approximate surface area is 135 Å². The van der Waals surface area contributed by atoms with E-state index in [0.717, 1.165) is 55.6 Å². The van der Waals surface area contributed by atoms with Crippen molar-refractivity contribution >= 4 is 16.9 Å². The summed E-state index contributed by atoms with van der Waals surface area (Å²) in [4.78, 5) is 14.0. The Hall–Kier alpha value is -1.89. The van der Waals surface area contributed by atoms with Crippen LogP contribution in [0.15, 0.2) is 24.4 Å². The molecular formula is C17H23N3O3. The average molecular weight is 317 g/mol. The summed E-state index contributed by atoms with van der Waals surface area (Å²) in [6, 6.07) is 5.34. The van der Waals surface area contributed by atoms with Crippen LogP contribution in [0.2, 0.25) is 0 Å². The highest BCUT2D eigenvalue weighted by molar-refractivity contribution is 6.04. The molecule has 0 aliphatic carbocycles. The maximum atomic E-state index is 11.6. The summed E-state index contributed by atoms with van der Waals surface area (Å²) >= 11 is 0. The van der Waals surface area contributed by atoms with Gasteiger partial charge in [-0.2, -0.15) is 0 Å². The number of rotatable bonds is 6. The van der Waals surface area contributed by atoms with Gasteiger partial charge in [-0.25, -0.2) is 4.79 Å². The number of hydrogen-bond donors (Lipinski definition) is 3. The molecule has 1 aromatic heterocycles. The van der Waals surface area contributed by atoms with Gasteiger partial charge in [0.05, 0.1) is 12.2 Å². The lowest BCUT2D eigenvalue weighted by atomic mass is 10.0. The second-order valence-corrected chi connectivity index (χ2v) is 5.92. The van der Waals surface area contributed by atoms with E-state index in [9.17, 15) is 15.0 Å². The number of carboxylic acids is 1. The normalized spacial score (nSPS) is 16.0. The van der Waals surface area contributed by atoms with Crippen LogP contribution in [0.3, 0.4) is 0 Å².